The number of hydrogen-bond donors (Lipinski definition) is 1. The van der Waals surface area contributed by atoms with Crippen LogP contribution in [0.3, 0.4) is 0 Å². The molecule has 0 spiro atoms. The van der Waals surface area contributed by atoms with Crippen molar-refractivity contribution in [2.24, 2.45) is 0 Å². The Kier molecular flexibility index (Phi) is 6.73. The first-order chi connectivity index (χ1) is 18.3. The quantitative estimate of drug-likeness (QED) is 0.188. The third kappa shape index (κ3) is 4.22. The van der Waals surface area contributed by atoms with E-state index in [0.29, 0.717) is 22.3 Å². The predicted octanol–water partition coefficient (Wildman–Crippen LogP) is 5.59. The Bertz CT molecular complexity index is 1520. The molecule has 0 saturated carbocycles. The van der Waals surface area contributed by atoms with Crippen LogP contribution in [0.2, 0.25) is 0 Å². The summed E-state index contributed by atoms with van der Waals surface area (Å²) in [6, 6.07) is 19.7. The lowest BCUT2D eigenvalue weighted by atomic mass is 9.96. The van der Waals surface area contributed by atoms with Crippen LogP contribution in [0.1, 0.15) is 34.7 Å². The normalized spacial score (nSPS) is 16.8. The highest BCUT2D eigenvalue weighted by molar-refractivity contribution is 7.80. The summed E-state index contributed by atoms with van der Waals surface area (Å²) in [6.07, 6.45) is 1.76. The van der Waals surface area contributed by atoms with Crippen molar-refractivity contribution >= 4 is 28.7 Å². The second kappa shape index (κ2) is 10.1. The van der Waals surface area contributed by atoms with E-state index in [2.05, 4.69) is 21.3 Å². The average Bonchev–Trinajstić information content (AvgIpc) is 3.43. The van der Waals surface area contributed by atoms with Gasteiger partial charge in [0.25, 0.3) is 5.69 Å². The number of nitrogens with one attached hydrogen (secondary N) is 1. The number of pyridine rings is 1. The van der Waals surface area contributed by atoms with Gasteiger partial charge in [0.1, 0.15) is 11.5 Å². The second-order valence-electron chi connectivity index (χ2n) is 8.94. The lowest BCUT2D eigenvalue weighted by Gasteiger charge is -2.29. The average molecular weight is 530 g/mol. The topological polar surface area (TPSA) is 94.7 Å². The van der Waals surface area contributed by atoms with Gasteiger partial charge < -0.3 is 24.3 Å². The molecule has 1 N–H and O–H groups in total. The summed E-state index contributed by atoms with van der Waals surface area (Å²) in [5, 5.41) is 15.6. The van der Waals surface area contributed by atoms with Crippen molar-refractivity contribution in [1.29, 1.82) is 0 Å². The van der Waals surface area contributed by atoms with Gasteiger partial charge in [-0.05, 0) is 68.0 Å². The Morgan fingerprint density at radius 1 is 0.974 bits per heavy atom. The Labute approximate surface area is 225 Å². The smallest absolute Gasteiger partial charge is 0.271 e. The molecule has 10 heteroatoms. The van der Waals surface area contributed by atoms with E-state index in [1.54, 1.807) is 26.5 Å². The maximum absolute atomic E-state index is 11.6. The fourth-order valence-electron chi connectivity index (χ4n) is 5.18. The fraction of sp³-hybridized carbons (Fsp3) is 0.214. The van der Waals surface area contributed by atoms with Crippen LogP contribution in [0.5, 0.6) is 11.5 Å². The summed E-state index contributed by atoms with van der Waals surface area (Å²) >= 11 is 5.88. The van der Waals surface area contributed by atoms with Crippen LogP contribution in [0, 0.1) is 24.0 Å². The molecule has 0 bridgehead atoms. The zero-order chi connectivity index (χ0) is 27.0. The van der Waals surface area contributed by atoms with Gasteiger partial charge in [0, 0.05) is 29.7 Å². The number of thiocarbonyl (C=S) groups is 1. The van der Waals surface area contributed by atoms with Gasteiger partial charge in [0.2, 0.25) is 0 Å². The van der Waals surface area contributed by atoms with Crippen molar-refractivity contribution in [2.45, 2.75) is 25.9 Å². The summed E-state index contributed by atoms with van der Waals surface area (Å²) < 4.78 is 13.3. The monoisotopic (exact) mass is 529 g/mol. The molecule has 0 amide bonds. The summed E-state index contributed by atoms with van der Waals surface area (Å²) in [5.41, 5.74) is 5.04. The van der Waals surface area contributed by atoms with Gasteiger partial charge >= 0.3 is 0 Å². The Morgan fingerprint density at radius 3 is 2.37 bits per heavy atom. The van der Waals surface area contributed by atoms with Crippen molar-refractivity contribution in [2.75, 3.05) is 19.1 Å². The molecule has 5 rings (SSSR count). The third-order valence-corrected chi connectivity index (χ3v) is 7.16. The maximum Gasteiger partial charge on any atom is 0.271 e. The van der Waals surface area contributed by atoms with Crippen LogP contribution in [0.15, 0.2) is 72.9 Å². The molecule has 0 radical (unpaired) electrons. The number of non-ortho nitro benzene ring substituents is 1. The maximum atomic E-state index is 11.6. The molecule has 0 aliphatic carbocycles. The van der Waals surface area contributed by atoms with Crippen LogP contribution in [-0.4, -0.2) is 33.8 Å². The molecule has 3 heterocycles. The first-order valence-electron chi connectivity index (χ1n) is 12.0. The number of nitro groups is 1. The third-order valence-electron chi connectivity index (χ3n) is 6.85. The Hall–Kier alpha value is -4.44. The van der Waals surface area contributed by atoms with Crippen LogP contribution in [0.25, 0.3) is 5.69 Å². The first-order valence-corrected chi connectivity index (χ1v) is 12.4. The van der Waals surface area contributed by atoms with Crippen molar-refractivity contribution in [3.05, 3.63) is 106 Å². The van der Waals surface area contributed by atoms with Gasteiger partial charge in [0.15, 0.2) is 5.11 Å². The first kappa shape index (κ1) is 25.2. The molecular formula is C28H27N5O4S. The zero-order valence-electron chi connectivity index (χ0n) is 21.4. The van der Waals surface area contributed by atoms with Gasteiger partial charge in [-0.2, -0.15) is 0 Å². The van der Waals surface area contributed by atoms with Gasteiger partial charge in [-0.3, -0.25) is 15.1 Å². The van der Waals surface area contributed by atoms with Crippen LogP contribution in [-0.2, 0) is 0 Å². The van der Waals surface area contributed by atoms with Gasteiger partial charge in [-0.15, -0.1) is 0 Å². The van der Waals surface area contributed by atoms with E-state index in [-0.39, 0.29) is 17.8 Å². The number of rotatable bonds is 7. The highest BCUT2D eigenvalue weighted by atomic mass is 32.1. The predicted molar refractivity (Wildman–Crippen MR) is 149 cm³/mol. The highest BCUT2D eigenvalue weighted by Crippen LogP contribution is 2.46. The van der Waals surface area contributed by atoms with Crippen molar-refractivity contribution in [3.63, 3.8) is 0 Å². The summed E-state index contributed by atoms with van der Waals surface area (Å²) in [6.45, 7) is 3.97. The molecule has 0 unspecified atom stereocenters. The fourth-order valence-corrected chi connectivity index (χ4v) is 5.52. The van der Waals surface area contributed by atoms with E-state index in [0.717, 1.165) is 28.3 Å². The van der Waals surface area contributed by atoms with Crippen LogP contribution < -0.4 is 19.7 Å². The number of anilines is 1. The molecule has 2 aromatic carbocycles. The number of hydrogen-bond acceptors (Lipinski definition) is 6. The van der Waals surface area contributed by atoms with Gasteiger partial charge in [-0.25, -0.2) is 0 Å². The van der Waals surface area contributed by atoms with Gasteiger partial charge in [-0.1, -0.05) is 18.2 Å². The van der Waals surface area contributed by atoms with E-state index < -0.39 is 4.92 Å². The van der Waals surface area contributed by atoms with E-state index in [1.165, 1.54) is 12.1 Å². The largest absolute Gasteiger partial charge is 0.495 e. The van der Waals surface area contributed by atoms with Gasteiger partial charge in [0.05, 0.1) is 48.3 Å². The van der Waals surface area contributed by atoms with Crippen molar-refractivity contribution in [3.8, 4) is 17.2 Å². The molecule has 1 aliphatic rings. The molecule has 9 nitrogen and oxygen atoms in total. The number of nitrogens with zero attached hydrogens (tertiary/aromatic N) is 4. The SMILES string of the molecule is COc1ccccc1N1C(=S)N[C@H](c2ccccn2)[C@H]1c1cc(C)n(-c2cc([N+](=O)[O-])ccc2OC)c1C. The number of methoxy groups -OCH3 is 2. The molecule has 4 aromatic rings. The molecule has 2 aromatic heterocycles. The van der Waals surface area contributed by atoms with E-state index >= 15 is 0 Å². The van der Waals surface area contributed by atoms with Crippen LogP contribution in [0.4, 0.5) is 11.4 Å². The van der Waals surface area contributed by atoms with Crippen molar-refractivity contribution in [1.82, 2.24) is 14.9 Å². The zero-order valence-corrected chi connectivity index (χ0v) is 22.2. The number of nitro benzene ring substituents is 1. The Balaban J connectivity index is 1.73. The Morgan fingerprint density at radius 2 is 1.68 bits per heavy atom. The lowest BCUT2D eigenvalue weighted by Crippen LogP contribution is -2.30. The number of para-hydroxylation sites is 2. The van der Waals surface area contributed by atoms with Crippen molar-refractivity contribution < 1.29 is 14.4 Å². The molecule has 194 valence electrons. The highest BCUT2D eigenvalue weighted by Gasteiger charge is 2.43. The molecular weight excluding hydrogens is 502 g/mol. The standard InChI is InChI=1S/C28H27N5O4S/c1-17-15-20(18(2)31(17)23-16-19(33(34)35)12-13-25(23)37-4)27-26(21-9-7-8-14-29-21)30-28(38)32(27)22-10-5-6-11-24(22)36-3/h5-16,26-27H,1-4H3,(H,30,38)/t26-,27-/m1/s1. The molecule has 1 fully saturated rings. The lowest BCUT2D eigenvalue weighted by molar-refractivity contribution is -0.384. The van der Waals surface area contributed by atoms with Crippen LogP contribution >= 0.6 is 12.2 Å². The van der Waals surface area contributed by atoms with E-state index in [9.17, 15) is 10.1 Å². The number of aromatic nitrogens is 2. The number of aryl methyl sites for hydroxylation is 1. The minimum Gasteiger partial charge on any atom is -0.495 e. The second-order valence-corrected chi connectivity index (χ2v) is 9.33. The van der Waals surface area contributed by atoms with E-state index in [1.807, 2.05) is 60.9 Å². The molecule has 2 atom stereocenters. The number of benzene rings is 2. The molecule has 38 heavy (non-hydrogen) atoms. The summed E-state index contributed by atoms with van der Waals surface area (Å²) in [7, 11) is 3.19. The minimum absolute atomic E-state index is 0.0134. The summed E-state index contributed by atoms with van der Waals surface area (Å²) in [5.74, 6) is 1.23. The minimum atomic E-state index is -0.405. The summed E-state index contributed by atoms with van der Waals surface area (Å²) in [4.78, 5) is 17.9. The molecule has 1 aliphatic heterocycles. The molecule has 1 saturated heterocycles. The van der Waals surface area contributed by atoms with E-state index in [4.69, 9.17) is 21.7 Å². The number of ether oxygens (including phenoxy) is 2.